The van der Waals surface area contributed by atoms with Crippen molar-refractivity contribution < 1.29 is 0 Å². The van der Waals surface area contributed by atoms with Gasteiger partial charge in [-0.3, -0.25) is 9.89 Å². The summed E-state index contributed by atoms with van der Waals surface area (Å²) in [6, 6.07) is 12.7. The number of aliphatic imine (C=N–C) groups is 1. The molecule has 3 saturated heterocycles. The van der Waals surface area contributed by atoms with E-state index in [1.54, 1.807) is 0 Å². The van der Waals surface area contributed by atoms with Crippen LogP contribution in [0.15, 0.2) is 35.3 Å². The van der Waals surface area contributed by atoms with Gasteiger partial charge in [-0.25, -0.2) is 0 Å². The van der Waals surface area contributed by atoms with Crippen LogP contribution in [-0.4, -0.2) is 79.1 Å². The Morgan fingerprint density at radius 3 is 2.61 bits per heavy atom. The number of piperidine rings is 2. The zero-order valence-corrected chi connectivity index (χ0v) is 21.4. The summed E-state index contributed by atoms with van der Waals surface area (Å²) in [7, 11) is 1.96. The van der Waals surface area contributed by atoms with Gasteiger partial charge >= 0.3 is 0 Å². The van der Waals surface area contributed by atoms with Gasteiger partial charge in [0.25, 0.3) is 0 Å². The number of hydrogen-bond donors (Lipinski definition) is 1. The van der Waals surface area contributed by atoms with Crippen LogP contribution in [0, 0.1) is 11.8 Å². The number of nitrogens with zero attached hydrogens (tertiary/aromatic N) is 4. The third-order valence-corrected chi connectivity index (χ3v) is 7.85. The Kier molecular flexibility index (Phi) is 8.15. The lowest BCUT2D eigenvalue weighted by Crippen LogP contribution is -2.57. The van der Waals surface area contributed by atoms with Gasteiger partial charge in [-0.2, -0.15) is 0 Å². The molecule has 1 aromatic carbocycles. The van der Waals surface area contributed by atoms with E-state index in [4.69, 9.17) is 0 Å². The number of benzene rings is 1. The molecule has 1 N–H and O–H groups in total. The van der Waals surface area contributed by atoms with Crippen molar-refractivity contribution in [2.24, 2.45) is 16.8 Å². The van der Waals surface area contributed by atoms with Crippen molar-refractivity contribution in [1.29, 1.82) is 0 Å². The highest BCUT2D eigenvalue weighted by Crippen LogP contribution is 2.33. The van der Waals surface area contributed by atoms with Crippen LogP contribution >= 0.6 is 24.0 Å². The molecule has 1 aromatic rings. The standard InChI is InChI=1S/C25H39N5.HI/c1-26-25(27-16-21-11-14-28(18-21)23-9-10-23)30-15-12-24-22(19-30)8-5-13-29(24)17-20-6-3-2-4-7-20;/h2-4,6-7,21-24H,5,8-19H2,1H3,(H,26,27);1H. The highest BCUT2D eigenvalue weighted by Gasteiger charge is 2.37. The number of fused-ring (bicyclic) bond motifs is 1. The normalized spacial score (nSPS) is 30.0. The molecule has 0 bridgehead atoms. The second-order valence-electron chi connectivity index (χ2n) is 9.97. The molecule has 3 unspecified atom stereocenters. The first-order valence-electron chi connectivity index (χ1n) is 12.3. The third kappa shape index (κ3) is 5.74. The first-order chi connectivity index (χ1) is 14.8. The highest BCUT2D eigenvalue weighted by atomic mass is 127. The average molecular weight is 538 g/mol. The van der Waals surface area contributed by atoms with Gasteiger partial charge in [-0.15, -0.1) is 24.0 Å². The number of rotatable bonds is 5. The van der Waals surface area contributed by atoms with Crippen molar-refractivity contribution in [2.45, 2.75) is 57.2 Å². The van der Waals surface area contributed by atoms with E-state index in [1.807, 2.05) is 7.05 Å². The van der Waals surface area contributed by atoms with Gasteiger partial charge in [0.05, 0.1) is 0 Å². The molecule has 3 aliphatic heterocycles. The molecule has 0 radical (unpaired) electrons. The summed E-state index contributed by atoms with van der Waals surface area (Å²) in [4.78, 5) is 12.7. The monoisotopic (exact) mass is 537 g/mol. The van der Waals surface area contributed by atoms with E-state index >= 15 is 0 Å². The summed E-state index contributed by atoms with van der Waals surface area (Å²) in [6.45, 7) is 8.32. The molecule has 0 aromatic heterocycles. The molecule has 1 saturated carbocycles. The number of hydrogen-bond acceptors (Lipinski definition) is 3. The number of halogens is 1. The second kappa shape index (κ2) is 10.8. The molecule has 3 atom stereocenters. The van der Waals surface area contributed by atoms with Gasteiger partial charge in [0.2, 0.25) is 0 Å². The fourth-order valence-electron chi connectivity index (χ4n) is 6.08. The second-order valence-corrected chi connectivity index (χ2v) is 9.97. The van der Waals surface area contributed by atoms with E-state index in [9.17, 15) is 0 Å². The van der Waals surface area contributed by atoms with Crippen molar-refractivity contribution in [3.05, 3.63) is 35.9 Å². The van der Waals surface area contributed by atoms with Gasteiger partial charge in [-0.05, 0) is 69.0 Å². The summed E-state index contributed by atoms with van der Waals surface area (Å²) in [5.41, 5.74) is 1.45. The Labute approximate surface area is 205 Å². The molecule has 6 heteroatoms. The van der Waals surface area contributed by atoms with Crippen molar-refractivity contribution in [2.75, 3.05) is 46.3 Å². The molecular formula is C25H40IN5. The van der Waals surface area contributed by atoms with Crippen LogP contribution < -0.4 is 5.32 Å². The molecule has 5 rings (SSSR count). The molecule has 4 aliphatic rings. The fraction of sp³-hybridized carbons (Fsp3) is 0.720. The summed E-state index contributed by atoms with van der Waals surface area (Å²) in [5.74, 6) is 2.70. The predicted molar refractivity (Wildman–Crippen MR) is 139 cm³/mol. The molecule has 31 heavy (non-hydrogen) atoms. The lowest BCUT2D eigenvalue weighted by molar-refractivity contribution is 0.0372. The minimum Gasteiger partial charge on any atom is -0.356 e. The van der Waals surface area contributed by atoms with Crippen LogP contribution in [0.4, 0.5) is 0 Å². The Morgan fingerprint density at radius 1 is 1.00 bits per heavy atom. The quantitative estimate of drug-likeness (QED) is 0.354. The highest BCUT2D eigenvalue weighted by molar-refractivity contribution is 14.0. The first kappa shape index (κ1) is 23.3. The summed E-state index contributed by atoms with van der Waals surface area (Å²) < 4.78 is 0. The van der Waals surface area contributed by atoms with Gasteiger partial charge in [0.1, 0.15) is 0 Å². The maximum absolute atomic E-state index is 4.67. The van der Waals surface area contributed by atoms with E-state index in [0.29, 0.717) is 0 Å². The predicted octanol–water partition coefficient (Wildman–Crippen LogP) is 3.65. The summed E-state index contributed by atoms with van der Waals surface area (Å²) in [6.07, 6.45) is 8.16. The molecule has 5 nitrogen and oxygen atoms in total. The van der Waals surface area contributed by atoms with Crippen LogP contribution in [0.25, 0.3) is 0 Å². The van der Waals surface area contributed by atoms with E-state index < -0.39 is 0 Å². The molecule has 172 valence electrons. The maximum atomic E-state index is 4.67. The first-order valence-corrected chi connectivity index (χ1v) is 12.3. The Bertz CT molecular complexity index is 722. The lowest BCUT2D eigenvalue weighted by atomic mass is 9.83. The number of guanidine groups is 1. The number of likely N-dealkylation sites (tertiary alicyclic amines) is 3. The molecule has 1 aliphatic carbocycles. The number of nitrogens with one attached hydrogen (secondary N) is 1. The summed E-state index contributed by atoms with van der Waals surface area (Å²) in [5, 5.41) is 3.74. The lowest BCUT2D eigenvalue weighted by Gasteiger charge is -2.48. The SMILES string of the molecule is CN=C(NCC1CCN(C2CC2)C1)N1CCC2C(CCCN2Cc2ccccc2)C1.I. The molecule has 0 amide bonds. The largest absolute Gasteiger partial charge is 0.356 e. The van der Waals surface area contributed by atoms with E-state index in [2.05, 4.69) is 55.3 Å². The zero-order chi connectivity index (χ0) is 20.3. The smallest absolute Gasteiger partial charge is 0.193 e. The average Bonchev–Trinajstić information content (AvgIpc) is 3.53. The van der Waals surface area contributed by atoms with Crippen molar-refractivity contribution in [1.82, 2.24) is 20.0 Å². The minimum atomic E-state index is 0. The van der Waals surface area contributed by atoms with E-state index in [1.165, 1.54) is 63.7 Å². The van der Waals surface area contributed by atoms with Gasteiger partial charge < -0.3 is 15.1 Å². The maximum Gasteiger partial charge on any atom is 0.193 e. The van der Waals surface area contributed by atoms with Gasteiger partial charge in [0, 0.05) is 51.9 Å². The van der Waals surface area contributed by atoms with Gasteiger partial charge in [0.15, 0.2) is 5.96 Å². The summed E-state index contributed by atoms with van der Waals surface area (Å²) >= 11 is 0. The van der Waals surface area contributed by atoms with Gasteiger partial charge in [-0.1, -0.05) is 30.3 Å². The topological polar surface area (TPSA) is 34.1 Å². The van der Waals surface area contributed by atoms with Crippen molar-refractivity contribution in [3.63, 3.8) is 0 Å². The van der Waals surface area contributed by atoms with Crippen LogP contribution in [0.3, 0.4) is 0 Å². The van der Waals surface area contributed by atoms with Crippen molar-refractivity contribution in [3.8, 4) is 0 Å². The zero-order valence-electron chi connectivity index (χ0n) is 19.1. The van der Waals surface area contributed by atoms with Crippen LogP contribution in [0.2, 0.25) is 0 Å². The van der Waals surface area contributed by atoms with E-state index in [0.717, 1.165) is 56.1 Å². The Balaban J connectivity index is 0.00000231. The van der Waals surface area contributed by atoms with Crippen molar-refractivity contribution >= 4 is 29.9 Å². The Hall–Kier alpha value is -0.860. The molecule has 4 fully saturated rings. The molecule has 0 spiro atoms. The molecular weight excluding hydrogens is 497 g/mol. The van der Waals surface area contributed by atoms with Crippen LogP contribution in [0.5, 0.6) is 0 Å². The molecule has 3 heterocycles. The van der Waals surface area contributed by atoms with Crippen LogP contribution in [0.1, 0.15) is 44.1 Å². The van der Waals surface area contributed by atoms with E-state index in [-0.39, 0.29) is 24.0 Å². The fourth-order valence-corrected chi connectivity index (χ4v) is 6.08. The third-order valence-electron chi connectivity index (χ3n) is 7.85. The van der Waals surface area contributed by atoms with Crippen LogP contribution in [-0.2, 0) is 6.54 Å². The minimum absolute atomic E-state index is 0. The Morgan fingerprint density at radius 2 is 1.84 bits per heavy atom.